The number of carbonyl (C=O) groups is 1. The third-order valence-corrected chi connectivity index (χ3v) is 7.22. The van der Waals surface area contributed by atoms with Crippen LogP contribution in [0, 0.1) is 0 Å². The molecule has 3 rings (SSSR count). The number of nitrogens with one attached hydrogen (secondary N) is 1. The van der Waals surface area contributed by atoms with Gasteiger partial charge in [-0.1, -0.05) is 25.4 Å². The Labute approximate surface area is 162 Å². The summed E-state index contributed by atoms with van der Waals surface area (Å²) in [6.45, 7) is 5.04. The molecule has 0 radical (unpaired) electrons. The van der Waals surface area contributed by atoms with Crippen molar-refractivity contribution in [2.75, 3.05) is 18.4 Å². The van der Waals surface area contributed by atoms with Crippen LogP contribution in [0.15, 0.2) is 28.5 Å². The van der Waals surface area contributed by atoms with Crippen molar-refractivity contribution in [2.45, 2.75) is 37.5 Å². The van der Waals surface area contributed by atoms with Crippen LogP contribution in [0.25, 0.3) is 0 Å². The molecule has 0 spiro atoms. The van der Waals surface area contributed by atoms with Crippen LogP contribution in [0.2, 0.25) is 5.02 Å². The van der Waals surface area contributed by atoms with E-state index in [0.29, 0.717) is 18.2 Å². The Bertz CT molecular complexity index is 919. The standard InChI is InChI=1S/C17H20ClN3O3S2/c1-11(2)15-10-25-17(19-15)20-16(22)13-9-12(5-6-14(13)18)26(23,24)21-7-3-4-8-21/h5-6,9-11H,3-4,7-8H2,1-2H3,(H,19,20,22). The van der Waals surface area contributed by atoms with Gasteiger partial charge in [0.2, 0.25) is 10.0 Å². The van der Waals surface area contributed by atoms with Gasteiger partial charge in [0.15, 0.2) is 5.13 Å². The first kappa shape index (κ1) is 19.3. The number of carbonyl (C=O) groups excluding carboxylic acids is 1. The molecule has 0 aliphatic carbocycles. The lowest BCUT2D eigenvalue weighted by molar-refractivity contribution is 0.102. The Morgan fingerprint density at radius 1 is 1.31 bits per heavy atom. The van der Waals surface area contributed by atoms with Gasteiger partial charge in [0.25, 0.3) is 5.91 Å². The molecule has 1 aliphatic rings. The number of hydrogen-bond acceptors (Lipinski definition) is 5. The van der Waals surface area contributed by atoms with Gasteiger partial charge in [-0.25, -0.2) is 13.4 Å². The molecule has 1 aliphatic heterocycles. The summed E-state index contributed by atoms with van der Waals surface area (Å²) in [5.41, 5.74) is 1.01. The van der Waals surface area contributed by atoms with E-state index in [0.717, 1.165) is 18.5 Å². The molecule has 1 amide bonds. The molecule has 6 nitrogen and oxygen atoms in total. The maximum absolute atomic E-state index is 12.7. The number of benzene rings is 1. The Morgan fingerprint density at radius 2 is 2.00 bits per heavy atom. The monoisotopic (exact) mass is 413 g/mol. The third kappa shape index (κ3) is 3.93. The molecule has 0 saturated carbocycles. The van der Waals surface area contributed by atoms with Crippen molar-refractivity contribution in [1.29, 1.82) is 0 Å². The van der Waals surface area contributed by atoms with E-state index in [-0.39, 0.29) is 21.4 Å². The smallest absolute Gasteiger partial charge is 0.259 e. The van der Waals surface area contributed by atoms with Crippen molar-refractivity contribution in [3.8, 4) is 0 Å². The van der Waals surface area contributed by atoms with Crippen LogP contribution in [0.4, 0.5) is 5.13 Å². The van der Waals surface area contributed by atoms with Gasteiger partial charge in [0, 0.05) is 18.5 Å². The second-order valence-corrected chi connectivity index (χ2v) is 9.64. The molecular formula is C17H20ClN3O3S2. The number of sulfonamides is 1. The van der Waals surface area contributed by atoms with Gasteiger partial charge in [-0.15, -0.1) is 11.3 Å². The number of rotatable bonds is 5. The molecule has 0 unspecified atom stereocenters. The van der Waals surface area contributed by atoms with E-state index in [9.17, 15) is 13.2 Å². The fourth-order valence-electron chi connectivity index (χ4n) is 2.69. The Balaban J connectivity index is 1.86. The molecule has 2 heterocycles. The SMILES string of the molecule is CC(C)c1csc(NC(=O)c2cc(S(=O)(=O)N3CCCC3)ccc2Cl)n1. The summed E-state index contributed by atoms with van der Waals surface area (Å²) in [4.78, 5) is 17.0. The summed E-state index contributed by atoms with van der Waals surface area (Å²) in [5.74, 6) is -0.215. The highest BCUT2D eigenvalue weighted by atomic mass is 35.5. The number of halogens is 1. The largest absolute Gasteiger partial charge is 0.298 e. The molecule has 26 heavy (non-hydrogen) atoms. The molecule has 0 bridgehead atoms. The maximum atomic E-state index is 12.7. The average Bonchev–Trinajstić information content (AvgIpc) is 3.27. The van der Waals surface area contributed by atoms with Gasteiger partial charge in [0.1, 0.15) is 0 Å². The van der Waals surface area contributed by atoms with Crippen molar-refractivity contribution in [2.24, 2.45) is 0 Å². The van der Waals surface area contributed by atoms with Crippen molar-refractivity contribution in [3.05, 3.63) is 39.9 Å². The second kappa shape index (κ2) is 7.64. The summed E-state index contributed by atoms with van der Waals surface area (Å²) in [6.07, 6.45) is 1.70. The van der Waals surface area contributed by atoms with Gasteiger partial charge < -0.3 is 0 Å². The van der Waals surface area contributed by atoms with Crippen LogP contribution in [0.3, 0.4) is 0 Å². The molecule has 1 aromatic carbocycles. The number of amides is 1. The zero-order chi connectivity index (χ0) is 18.9. The van der Waals surface area contributed by atoms with Crippen molar-refractivity contribution >= 4 is 44.0 Å². The van der Waals surface area contributed by atoms with Crippen LogP contribution in [-0.2, 0) is 10.0 Å². The van der Waals surface area contributed by atoms with Crippen LogP contribution >= 0.6 is 22.9 Å². The predicted octanol–water partition coefficient (Wildman–Crippen LogP) is 3.96. The quantitative estimate of drug-likeness (QED) is 0.804. The third-order valence-electron chi connectivity index (χ3n) is 4.22. The molecular weight excluding hydrogens is 394 g/mol. The lowest BCUT2D eigenvalue weighted by Gasteiger charge is -2.16. The van der Waals surface area contributed by atoms with E-state index in [1.807, 2.05) is 19.2 Å². The van der Waals surface area contributed by atoms with E-state index in [1.165, 1.54) is 33.8 Å². The lowest BCUT2D eigenvalue weighted by Crippen LogP contribution is -2.28. The van der Waals surface area contributed by atoms with Crippen LogP contribution in [-0.4, -0.2) is 36.7 Å². The normalized spacial score (nSPS) is 15.5. The summed E-state index contributed by atoms with van der Waals surface area (Å²) in [7, 11) is -3.61. The number of anilines is 1. The average molecular weight is 414 g/mol. The molecule has 0 atom stereocenters. The molecule has 1 fully saturated rings. The number of thiazole rings is 1. The number of nitrogens with zero attached hydrogens (tertiary/aromatic N) is 2. The minimum Gasteiger partial charge on any atom is -0.298 e. The predicted molar refractivity (Wildman–Crippen MR) is 104 cm³/mol. The minimum absolute atomic E-state index is 0.0796. The highest BCUT2D eigenvalue weighted by Crippen LogP contribution is 2.27. The summed E-state index contributed by atoms with van der Waals surface area (Å²) < 4.78 is 26.8. The Hall–Kier alpha value is -1.48. The van der Waals surface area contributed by atoms with Gasteiger partial charge in [-0.05, 0) is 37.0 Å². The number of aromatic nitrogens is 1. The second-order valence-electron chi connectivity index (χ2n) is 6.44. The van der Waals surface area contributed by atoms with E-state index in [2.05, 4.69) is 10.3 Å². The summed E-state index contributed by atoms with van der Waals surface area (Å²) in [5, 5.41) is 5.24. The molecule has 2 aromatic rings. The fourth-order valence-corrected chi connectivity index (χ4v) is 5.30. The maximum Gasteiger partial charge on any atom is 0.259 e. The topological polar surface area (TPSA) is 79.4 Å². The zero-order valence-electron chi connectivity index (χ0n) is 14.5. The van der Waals surface area contributed by atoms with Crippen LogP contribution in [0.1, 0.15) is 48.7 Å². The van der Waals surface area contributed by atoms with Gasteiger partial charge in [-0.3, -0.25) is 10.1 Å². The van der Waals surface area contributed by atoms with Crippen molar-refractivity contribution in [3.63, 3.8) is 0 Å². The van der Waals surface area contributed by atoms with E-state index in [1.54, 1.807) is 0 Å². The first-order chi connectivity index (χ1) is 12.3. The number of hydrogen-bond donors (Lipinski definition) is 1. The Morgan fingerprint density at radius 3 is 2.62 bits per heavy atom. The Kier molecular flexibility index (Phi) is 5.67. The fraction of sp³-hybridized carbons (Fsp3) is 0.412. The molecule has 1 N–H and O–H groups in total. The minimum atomic E-state index is -3.61. The van der Waals surface area contributed by atoms with Gasteiger partial charge >= 0.3 is 0 Å². The summed E-state index contributed by atoms with van der Waals surface area (Å²) >= 11 is 7.46. The lowest BCUT2D eigenvalue weighted by atomic mass is 10.2. The molecule has 140 valence electrons. The highest BCUT2D eigenvalue weighted by Gasteiger charge is 2.28. The zero-order valence-corrected chi connectivity index (χ0v) is 16.9. The van der Waals surface area contributed by atoms with Crippen molar-refractivity contribution < 1.29 is 13.2 Å². The van der Waals surface area contributed by atoms with E-state index < -0.39 is 15.9 Å². The summed E-state index contributed by atoms with van der Waals surface area (Å²) in [6, 6.07) is 4.22. The molecule has 9 heteroatoms. The molecule has 1 saturated heterocycles. The first-order valence-electron chi connectivity index (χ1n) is 8.35. The van der Waals surface area contributed by atoms with Crippen LogP contribution in [0.5, 0.6) is 0 Å². The van der Waals surface area contributed by atoms with Crippen molar-refractivity contribution in [1.82, 2.24) is 9.29 Å². The van der Waals surface area contributed by atoms with Gasteiger partial charge in [0.05, 0.1) is 21.2 Å². The first-order valence-corrected chi connectivity index (χ1v) is 11.1. The van der Waals surface area contributed by atoms with Crippen LogP contribution < -0.4 is 5.32 Å². The van der Waals surface area contributed by atoms with E-state index in [4.69, 9.17) is 11.6 Å². The molecule has 1 aromatic heterocycles. The van der Waals surface area contributed by atoms with E-state index >= 15 is 0 Å². The van der Waals surface area contributed by atoms with Gasteiger partial charge in [-0.2, -0.15) is 4.31 Å². The highest BCUT2D eigenvalue weighted by molar-refractivity contribution is 7.89.